The lowest BCUT2D eigenvalue weighted by Gasteiger charge is -2.22. The molecule has 1 aromatic rings. The van der Waals surface area contributed by atoms with Crippen LogP contribution >= 0.6 is 11.6 Å². The smallest absolute Gasteiger partial charge is 0.133 e. The summed E-state index contributed by atoms with van der Waals surface area (Å²) in [6, 6.07) is 3.61. The average Bonchev–Trinajstić information content (AvgIpc) is 2.52. The second kappa shape index (κ2) is 5.58. The zero-order valence-corrected chi connectivity index (χ0v) is 11.1. The quantitative estimate of drug-likeness (QED) is 0.822. The maximum Gasteiger partial charge on any atom is 0.133 e. The van der Waals surface area contributed by atoms with Gasteiger partial charge in [-0.3, -0.25) is 0 Å². The fraction of sp³-hybridized carbons (Fsp3) is 0.615. The van der Waals surface area contributed by atoms with Gasteiger partial charge in [0, 0.05) is 24.8 Å². The van der Waals surface area contributed by atoms with Crippen LogP contribution in [-0.4, -0.2) is 18.1 Å². The van der Waals surface area contributed by atoms with Crippen LogP contribution in [0.2, 0.25) is 5.15 Å². The SMILES string of the molecule is CCC1CCCN(c2cc(N)cc(Cl)n2)CC1. The molecule has 2 heterocycles. The summed E-state index contributed by atoms with van der Waals surface area (Å²) in [4.78, 5) is 6.67. The molecule has 2 rings (SSSR count). The Hall–Kier alpha value is -0.960. The molecule has 94 valence electrons. The van der Waals surface area contributed by atoms with Crippen LogP contribution < -0.4 is 10.6 Å². The number of hydrogen-bond acceptors (Lipinski definition) is 3. The average molecular weight is 254 g/mol. The largest absolute Gasteiger partial charge is 0.399 e. The summed E-state index contributed by atoms with van der Waals surface area (Å²) in [6.45, 7) is 4.39. The van der Waals surface area contributed by atoms with Crippen LogP contribution in [0.4, 0.5) is 11.5 Å². The second-order valence-corrected chi connectivity index (χ2v) is 5.16. The normalized spacial score (nSPS) is 21.3. The van der Waals surface area contributed by atoms with E-state index in [0.29, 0.717) is 10.8 Å². The number of nitrogen functional groups attached to an aromatic ring is 1. The first-order valence-electron chi connectivity index (χ1n) is 6.37. The molecule has 1 unspecified atom stereocenters. The van der Waals surface area contributed by atoms with E-state index in [4.69, 9.17) is 17.3 Å². The maximum atomic E-state index is 5.95. The summed E-state index contributed by atoms with van der Waals surface area (Å²) in [6.07, 6.45) is 5.07. The molecule has 1 aliphatic heterocycles. The Morgan fingerprint density at radius 1 is 1.41 bits per heavy atom. The van der Waals surface area contributed by atoms with Crippen molar-refractivity contribution in [2.24, 2.45) is 5.92 Å². The van der Waals surface area contributed by atoms with E-state index in [1.54, 1.807) is 6.07 Å². The number of rotatable bonds is 2. The molecule has 0 aromatic carbocycles. The van der Waals surface area contributed by atoms with Gasteiger partial charge in [0.25, 0.3) is 0 Å². The van der Waals surface area contributed by atoms with Crippen LogP contribution in [0.3, 0.4) is 0 Å². The standard InChI is InChI=1S/C13H20ClN3/c1-2-10-4-3-6-17(7-5-10)13-9-11(15)8-12(14)16-13/h8-10H,2-7H2,1H3,(H2,15,16). The van der Waals surface area contributed by atoms with Gasteiger partial charge < -0.3 is 10.6 Å². The molecule has 0 amide bonds. The molecule has 1 aromatic heterocycles. The van der Waals surface area contributed by atoms with E-state index in [9.17, 15) is 0 Å². The zero-order chi connectivity index (χ0) is 12.3. The Kier molecular flexibility index (Phi) is 4.11. The van der Waals surface area contributed by atoms with Crippen molar-refractivity contribution in [1.29, 1.82) is 0 Å². The number of aromatic nitrogens is 1. The van der Waals surface area contributed by atoms with Gasteiger partial charge in [-0.05, 0) is 31.2 Å². The van der Waals surface area contributed by atoms with Crippen molar-refractivity contribution in [3.05, 3.63) is 17.3 Å². The van der Waals surface area contributed by atoms with Crippen LogP contribution in [-0.2, 0) is 0 Å². The van der Waals surface area contributed by atoms with Gasteiger partial charge in [0.1, 0.15) is 11.0 Å². The molecule has 1 aliphatic rings. The third-order valence-corrected chi connectivity index (χ3v) is 3.75. The summed E-state index contributed by atoms with van der Waals surface area (Å²) < 4.78 is 0. The fourth-order valence-electron chi connectivity index (χ4n) is 2.47. The topological polar surface area (TPSA) is 42.1 Å². The molecule has 17 heavy (non-hydrogen) atoms. The fourth-order valence-corrected chi connectivity index (χ4v) is 2.68. The van der Waals surface area contributed by atoms with Crippen LogP contribution in [0.15, 0.2) is 12.1 Å². The minimum absolute atomic E-state index is 0.483. The molecule has 0 spiro atoms. The second-order valence-electron chi connectivity index (χ2n) is 4.77. The van der Waals surface area contributed by atoms with Crippen LogP contribution in [0.1, 0.15) is 32.6 Å². The summed E-state index contributed by atoms with van der Waals surface area (Å²) in [5, 5.41) is 0.483. The molecule has 1 fully saturated rings. The first-order valence-corrected chi connectivity index (χ1v) is 6.75. The number of nitrogens with two attached hydrogens (primary N) is 1. The van der Waals surface area contributed by atoms with Crippen molar-refractivity contribution in [3.8, 4) is 0 Å². The van der Waals surface area contributed by atoms with Crippen molar-refractivity contribution in [1.82, 2.24) is 4.98 Å². The molecular weight excluding hydrogens is 234 g/mol. The molecule has 0 aliphatic carbocycles. The highest BCUT2D eigenvalue weighted by atomic mass is 35.5. The predicted molar refractivity (Wildman–Crippen MR) is 73.5 cm³/mol. The maximum absolute atomic E-state index is 5.95. The monoisotopic (exact) mass is 253 g/mol. The number of pyridine rings is 1. The Labute approximate surface area is 108 Å². The van der Waals surface area contributed by atoms with Crippen LogP contribution in [0.25, 0.3) is 0 Å². The third-order valence-electron chi connectivity index (χ3n) is 3.55. The first kappa shape index (κ1) is 12.5. The van der Waals surface area contributed by atoms with Gasteiger partial charge in [-0.2, -0.15) is 0 Å². The lowest BCUT2D eigenvalue weighted by atomic mass is 9.98. The molecule has 4 heteroatoms. The Morgan fingerprint density at radius 3 is 2.94 bits per heavy atom. The lowest BCUT2D eigenvalue weighted by molar-refractivity contribution is 0.459. The Bertz CT molecular complexity index is 361. The van der Waals surface area contributed by atoms with E-state index in [1.807, 2.05) is 6.07 Å². The molecule has 2 N–H and O–H groups in total. The summed E-state index contributed by atoms with van der Waals surface area (Å²) >= 11 is 5.95. The third kappa shape index (κ3) is 3.25. The zero-order valence-electron chi connectivity index (χ0n) is 10.3. The minimum Gasteiger partial charge on any atom is -0.399 e. The highest BCUT2D eigenvalue weighted by molar-refractivity contribution is 6.29. The van der Waals surface area contributed by atoms with Crippen LogP contribution in [0, 0.1) is 5.92 Å². The molecule has 3 nitrogen and oxygen atoms in total. The molecule has 1 saturated heterocycles. The van der Waals surface area contributed by atoms with E-state index < -0.39 is 0 Å². The lowest BCUT2D eigenvalue weighted by Crippen LogP contribution is -2.25. The molecule has 0 bridgehead atoms. The minimum atomic E-state index is 0.483. The van der Waals surface area contributed by atoms with Gasteiger partial charge in [0.2, 0.25) is 0 Å². The van der Waals surface area contributed by atoms with Gasteiger partial charge in [-0.1, -0.05) is 24.9 Å². The van der Waals surface area contributed by atoms with Crippen molar-refractivity contribution in [3.63, 3.8) is 0 Å². The van der Waals surface area contributed by atoms with Crippen molar-refractivity contribution < 1.29 is 0 Å². The highest BCUT2D eigenvalue weighted by Gasteiger charge is 2.17. The summed E-state index contributed by atoms with van der Waals surface area (Å²) in [5.74, 6) is 1.78. The Balaban J connectivity index is 2.11. The summed E-state index contributed by atoms with van der Waals surface area (Å²) in [5.41, 5.74) is 6.50. The van der Waals surface area contributed by atoms with E-state index in [-0.39, 0.29) is 0 Å². The van der Waals surface area contributed by atoms with Gasteiger partial charge in [-0.25, -0.2) is 4.98 Å². The van der Waals surface area contributed by atoms with Gasteiger partial charge in [-0.15, -0.1) is 0 Å². The highest BCUT2D eigenvalue weighted by Crippen LogP contribution is 2.25. The van der Waals surface area contributed by atoms with Gasteiger partial charge >= 0.3 is 0 Å². The number of nitrogens with zero attached hydrogens (tertiary/aromatic N) is 2. The predicted octanol–water partition coefficient (Wildman–Crippen LogP) is 3.33. The van der Waals surface area contributed by atoms with Crippen molar-refractivity contribution in [2.45, 2.75) is 32.6 Å². The molecule has 1 atom stereocenters. The van der Waals surface area contributed by atoms with Crippen molar-refractivity contribution >= 4 is 23.1 Å². The van der Waals surface area contributed by atoms with Gasteiger partial charge in [0.05, 0.1) is 0 Å². The summed E-state index contributed by atoms with van der Waals surface area (Å²) in [7, 11) is 0. The number of hydrogen-bond donors (Lipinski definition) is 1. The molecule has 0 radical (unpaired) electrons. The van der Waals surface area contributed by atoms with E-state index in [2.05, 4.69) is 16.8 Å². The van der Waals surface area contributed by atoms with E-state index >= 15 is 0 Å². The van der Waals surface area contributed by atoms with E-state index in [0.717, 1.165) is 24.8 Å². The molecular formula is C13H20ClN3. The first-order chi connectivity index (χ1) is 8.19. The van der Waals surface area contributed by atoms with E-state index in [1.165, 1.54) is 25.7 Å². The number of anilines is 2. The van der Waals surface area contributed by atoms with Crippen molar-refractivity contribution in [2.75, 3.05) is 23.7 Å². The van der Waals surface area contributed by atoms with Crippen LogP contribution in [0.5, 0.6) is 0 Å². The number of halogens is 1. The molecule has 0 saturated carbocycles. The van der Waals surface area contributed by atoms with Gasteiger partial charge in [0.15, 0.2) is 0 Å². The Morgan fingerprint density at radius 2 is 2.24 bits per heavy atom.